The molecule has 5 heteroatoms. The zero-order chi connectivity index (χ0) is 13.1. The lowest BCUT2D eigenvalue weighted by molar-refractivity contribution is 0.563. The van der Waals surface area contributed by atoms with Crippen molar-refractivity contribution in [1.29, 1.82) is 0 Å². The molecule has 2 rings (SSSR count). The monoisotopic (exact) mass is 243 g/mol. The average molecular weight is 243 g/mol. The Bertz CT molecular complexity index is 676. The zero-order valence-corrected chi connectivity index (χ0v) is 10.3. The summed E-state index contributed by atoms with van der Waals surface area (Å²) in [4.78, 5) is 25.6. The van der Waals surface area contributed by atoms with Crippen LogP contribution in [0.25, 0.3) is 5.69 Å². The Hall–Kier alpha value is -2.39. The molecule has 0 N–H and O–H groups in total. The van der Waals surface area contributed by atoms with Crippen LogP contribution in [0.1, 0.15) is 11.3 Å². The number of benzene rings is 1. The molecule has 1 heterocycles. The highest BCUT2D eigenvalue weighted by Gasteiger charge is 2.07. The Morgan fingerprint density at radius 3 is 2.78 bits per heavy atom. The lowest BCUT2D eigenvalue weighted by Gasteiger charge is -2.05. The standard InChI is InChI=1S/C13H13N3O2/c1-10-8-15(2)13(18)16(10)12-5-3-4-11(6-12)7-14-9-17/h3-6,8H,7H2,1-2H3. The van der Waals surface area contributed by atoms with Crippen LogP contribution in [0.15, 0.2) is 40.2 Å². The second-order valence-electron chi connectivity index (χ2n) is 4.08. The Kier molecular flexibility index (Phi) is 3.26. The van der Waals surface area contributed by atoms with Crippen LogP contribution in [-0.2, 0) is 18.4 Å². The predicted molar refractivity (Wildman–Crippen MR) is 67.6 cm³/mol. The SMILES string of the molecule is Cc1cn(C)c(=O)n1-c1cccc(CN=C=O)c1. The molecule has 92 valence electrons. The normalized spacial score (nSPS) is 10.1. The number of aryl methyl sites for hydroxylation is 2. The Balaban J connectivity index is 2.51. The number of aliphatic imine (C=N–C) groups is 1. The Morgan fingerprint density at radius 2 is 2.17 bits per heavy atom. The van der Waals surface area contributed by atoms with Crippen molar-refractivity contribution in [3.8, 4) is 5.69 Å². The second-order valence-corrected chi connectivity index (χ2v) is 4.08. The third-order valence-electron chi connectivity index (χ3n) is 2.72. The summed E-state index contributed by atoms with van der Waals surface area (Å²) in [6.07, 6.45) is 3.28. The van der Waals surface area contributed by atoms with Gasteiger partial charge in [-0.1, -0.05) is 12.1 Å². The first-order valence-corrected chi connectivity index (χ1v) is 5.51. The van der Waals surface area contributed by atoms with E-state index in [0.29, 0.717) is 0 Å². The Morgan fingerprint density at radius 1 is 1.39 bits per heavy atom. The van der Waals surface area contributed by atoms with E-state index in [1.54, 1.807) is 17.8 Å². The van der Waals surface area contributed by atoms with Crippen molar-refractivity contribution in [3.05, 3.63) is 52.2 Å². The van der Waals surface area contributed by atoms with Gasteiger partial charge in [-0.3, -0.25) is 4.57 Å². The molecule has 1 aromatic heterocycles. The topological polar surface area (TPSA) is 56.4 Å². The summed E-state index contributed by atoms with van der Waals surface area (Å²) in [6.45, 7) is 2.15. The van der Waals surface area contributed by atoms with Gasteiger partial charge in [0.1, 0.15) is 0 Å². The van der Waals surface area contributed by atoms with Crippen molar-refractivity contribution in [2.75, 3.05) is 0 Å². The van der Waals surface area contributed by atoms with Crippen LogP contribution in [0, 0.1) is 6.92 Å². The number of aromatic nitrogens is 2. The molecule has 0 amide bonds. The lowest BCUT2D eigenvalue weighted by atomic mass is 10.2. The first-order chi connectivity index (χ1) is 8.63. The van der Waals surface area contributed by atoms with E-state index in [0.717, 1.165) is 16.9 Å². The quantitative estimate of drug-likeness (QED) is 0.603. The molecule has 18 heavy (non-hydrogen) atoms. The van der Waals surface area contributed by atoms with Crippen LogP contribution in [0.4, 0.5) is 0 Å². The number of carbonyl (C=O) groups excluding carboxylic acids is 1. The molecule has 2 aromatic rings. The van der Waals surface area contributed by atoms with E-state index < -0.39 is 0 Å². The molecule has 0 fully saturated rings. The van der Waals surface area contributed by atoms with E-state index in [2.05, 4.69) is 4.99 Å². The summed E-state index contributed by atoms with van der Waals surface area (Å²) in [6, 6.07) is 7.38. The van der Waals surface area contributed by atoms with Crippen molar-refractivity contribution in [2.45, 2.75) is 13.5 Å². The van der Waals surface area contributed by atoms with Gasteiger partial charge in [0.05, 0.1) is 12.2 Å². The smallest absolute Gasteiger partial charge is 0.302 e. The molecule has 0 saturated carbocycles. The van der Waals surface area contributed by atoms with Gasteiger partial charge in [-0.05, 0) is 24.6 Å². The fourth-order valence-corrected chi connectivity index (χ4v) is 1.93. The van der Waals surface area contributed by atoms with Crippen molar-refractivity contribution in [1.82, 2.24) is 9.13 Å². The summed E-state index contributed by atoms with van der Waals surface area (Å²) in [7, 11) is 1.71. The minimum Gasteiger partial charge on any atom is -0.302 e. The molecule has 0 saturated heterocycles. The lowest BCUT2D eigenvalue weighted by Crippen LogP contribution is -2.21. The maximum atomic E-state index is 12.0. The fraction of sp³-hybridized carbons (Fsp3) is 0.231. The largest absolute Gasteiger partial charge is 0.332 e. The molecule has 0 spiro atoms. The van der Waals surface area contributed by atoms with Crippen molar-refractivity contribution in [2.24, 2.45) is 12.0 Å². The minimum absolute atomic E-state index is 0.0939. The maximum absolute atomic E-state index is 12.0. The summed E-state index contributed by atoms with van der Waals surface area (Å²) in [5, 5.41) is 0. The van der Waals surface area contributed by atoms with Crippen LogP contribution < -0.4 is 5.69 Å². The maximum Gasteiger partial charge on any atom is 0.332 e. The molecule has 1 aromatic carbocycles. The van der Waals surface area contributed by atoms with Gasteiger partial charge in [-0.25, -0.2) is 14.6 Å². The first-order valence-electron chi connectivity index (χ1n) is 5.51. The molecule has 0 unspecified atom stereocenters. The van der Waals surface area contributed by atoms with Crippen molar-refractivity contribution >= 4 is 6.08 Å². The van der Waals surface area contributed by atoms with E-state index in [1.807, 2.05) is 31.2 Å². The van der Waals surface area contributed by atoms with Crippen LogP contribution in [0.3, 0.4) is 0 Å². The van der Waals surface area contributed by atoms with E-state index in [9.17, 15) is 9.59 Å². The molecule has 0 radical (unpaired) electrons. The highest BCUT2D eigenvalue weighted by atomic mass is 16.1. The number of imidazole rings is 1. The minimum atomic E-state index is -0.0939. The van der Waals surface area contributed by atoms with Crippen LogP contribution in [0.5, 0.6) is 0 Å². The van der Waals surface area contributed by atoms with E-state index in [4.69, 9.17) is 0 Å². The molecule has 0 atom stereocenters. The van der Waals surface area contributed by atoms with E-state index in [-0.39, 0.29) is 12.2 Å². The Labute approximate surface area is 104 Å². The molecular formula is C13H13N3O2. The van der Waals surface area contributed by atoms with Gasteiger partial charge >= 0.3 is 5.69 Å². The van der Waals surface area contributed by atoms with Crippen molar-refractivity contribution in [3.63, 3.8) is 0 Å². The number of nitrogens with zero attached hydrogens (tertiary/aromatic N) is 3. The van der Waals surface area contributed by atoms with Crippen LogP contribution in [-0.4, -0.2) is 15.2 Å². The van der Waals surface area contributed by atoms with Gasteiger partial charge < -0.3 is 4.57 Å². The van der Waals surface area contributed by atoms with Crippen LogP contribution >= 0.6 is 0 Å². The third kappa shape index (κ3) is 2.17. The molecule has 0 aliphatic rings. The van der Waals surface area contributed by atoms with Crippen LogP contribution in [0.2, 0.25) is 0 Å². The average Bonchev–Trinajstić information content (AvgIpc) is 2.61. The van der Waals surface area contributed by atoms with Gasteiger partial charge in [-0.2, -0.15) is 0 Å². The van der Waals surface area contributed by atoms with E-state index >= 15 is 0 Å². The molecule has 0 bridgehead atoms. The van der Waals surface area contributed by atoms with Gasteiger partial charge in [0.2, 0.25) is 6.08 Å². The zero-order valence-electron chi connectivity index (χ0n) is 10.3. The number of rotatable bonds is 3. The fourth-order valence-electron chi connectivity index (χ4n) is 1.93. The summed E-state index contributed by atoms with van der Waals surface area (Å²) < 4.78 is 3.15. The number of hydrogen-bond acceptors (Lipinski definition) is 3. The highest BCUT2D eigenvalue weighted by Crippen LogP contribution is 2.12. The molecule has 5 nitrogen and oxygen atoms in total. The third-order valence-corrected chi connectivity index (χ3v) is 2.72. The number of isocyanates is 1. The van der Waals surface area contributed by atoms with Gasteiger partial charge in [-0.15, -0.1) is 0 Å². The predicted octanol–water partition coefficient (Wildman–Crippen LogP) is 1.32. The molecule has 0 aliphatic heterocycles. The molecule has 0 aliphatic carbocycles. The summed E-state index contributed by atoms with van der Waals surface area (Å²) in [5.74, 6) is 0. The highest BCUT2D eigenvalue weighted by molar-refractivity contribution is 5.39. The van der Waals surface area contributed by atoms with E-state index in [1.165, 1.54) is 10.6 Å². The molecular weight excluding hydrogens is 230 g/mol. The summed E-state index contributed by atoms with van der Waals surface area (Å²) >= 11 is 0. The summed E-state index contributed by atoms with van der Waals surface area (Å²) in [5.41, 5.74) is 2.41. The number of hydrogen-bond donors (Lipinski definition) is 0. The van der Waals surface area contributed by atoms with Gasteiger partial charge in [0, 0.05) is 18.9 Å². The van der Waals surface area contributed by atoms with Crippen molar-refractivity contribution < 1.29 is 4.79 Å². The van der Waals surface area contributed by atoms with Gasteiger partial charge in [0.15, 0.2) is 0 Å². The second kappa shape index (κ2) is 4.85. The van der Waals surface area contributed by atoms with Gasteiger partial charge in [0.25, 0.3) is 0 Å². The first kappa shape index (κ1) is 12.1.